The molecular formula is C17H34N2O2S. The Labute approximate surface area is 140 Å². The van der Waals surface area contributed by atoms with Crippen LogP contribution in [-0.2, 0) is 4.74 Å². The molecule has 0 spiro atoms. The van der Waals surface area contributed by atoms with E-state index in [0.717, 1.165) is 18.6 Å². The third-order valence-corrected chi connectivity index (χ3v) is 5.15. The summed E-state index contributed by atoms with van der Waals surface area (Å²) in [7, 11) is 0. The molecule has 1 rings (SSSR count). The smallest absolute Gasteiger partial charge is 0.407 e. The van der Waals surface area contributed by atoms with Gasteiger partial charge in [0.15, 0.2) is 0 Å². The van der Waals surface area contributed by atoms with Crippen LogP contribution in [0.5, 0.6) is 0 Å². The summed E-state index contributed by atoms with van der Waals surface area (Å²) in [5.74, 6) is 2.40. The molecule has 0 aromatic carbocycles. The number of rotatable bonds is 6. The normalized spacial score (nSPS) is 22.9. The molecule has 1 heterocycles. The first-order chi connectivity index (χ1) is 10.1. The lowest BCUT2D eigenvalue weighted by Gasteiger charge is -2.41. The maximum Gasteiger partial charge on any atom is 0.407 e. The van der Waals surface area contributed by atoms with Crippen molar-refractivity contribution < 1.29 is 9.53 Å². The van der Waals surface area contributed by atoms with Gasteiger partial charge in [-0.05, 0) is 44.8 Å². The summed E-state index contributed by atoms with van der Waals surface area (Å²) in [6.07, 6.45) is 3.09. The van der Waals surface area contributed by atoms with Crippen molar-refractivity contribution in [1.82, 2.24) is 10.6 Å². The van der Waals surface area contributed by atoms with Crippen LogP contribution < -0.4 is 10.6 Å². The van der Waals surface area contributed by atoms with Crippen molar-refractivity contribution >= 4 is 17.9 Å². The first-order valence-corrected chi connectivity index (χ1v) is 9.60. The van der Waals surface area contributed by atoms with Gasteiger partial charge in [-0.1, -0.05) is 27.2 Å². The lowest BCUT2D eigenvalue weighted by Crippen LogP contribution is -2.53. The SMILES string of the molecule is CCCC(CNC(=O)OC(C)(C)C)NC1CSCCC1(C)C. The lowest BCUT2D eigenvalue weighted by molar-refractivity contribution is 0.0519. The van der Waals surface area contributed by atoms with E-state index >= 15 is 0 Å². The summed E-state index contributed by atoms with van der Waals surface area (Å²) in [4.78, 5) is 11.8. The molecule has 2 atom stereocenters. The number of nitrogens with one attached hydrogen (secondary N) is 2. The van der Waals surface area contributed by atoms with Crippen molar-refractivity contribution in [3.05, 3.63) is 0 Å². The van der Waals surface area contributed by atoms with Crippen LogP contribution in [-0.4, -0.2) is 41.8 Å². The molecule has 1 aliphatic rings. The van der Waals surface area contributed by atoms with Crippen LogP contribution in [0.2, 0.25) is 0 Å². The highest BCUT2D eigenvalue weighted by molar-refractivity contribution is 7.99. The Balaban J connectivity index is 2.49. The molecule has 0 saturated carbocycles. The van der Waals surface area contributed by atoms with E-state index in [1.165, 1.54) is 12.2 Å². The highest BCUT2D eigenvalue weighted by Crippen LogP contribution is 2.34. The summed E-state index contributed by atoms with van der Waals surface area (Å²) < 4.78 is 5.32. The second-order valence-corrected chi connectivity index (χ2v) is 9.05. The zero-order chi connectivity index (χ0) is 16.8. The minimum absolute atomic E-state index is 0.306. The second-order valence-electron chi connectivity index (χ2n) is 7.90. The van der Waals surface area contributed by atoms with E-state index in [-0.39, 0.29) is 6.09 Å². The zero-order valence-corrected chi connectivity index (χ0v) is 15.9. The standard InChI is InChI=1S/C17H34N2O2S/c1-7-8-13(11-18-15(20)21-16(2,3)4)19-14-12-22-10-9-17(14,5)6/h13-14,19H,7-12H2,1-6H3,(H,18,20). The van der Waals surface area contributed by atoms with Gasteiger partial charge in [0.05, 0.1) is 0 Å². The molecule has 0 radical (unpaired) electrons. The summed E-state index contributed by atoms with van der Waals surface area (Å²) in [5, 5.41) is 6.68. The van der Waals surface area contributed by atoms with Gasteiger partial charge in [0.25, 0.3) is 0 Å². The zero-order valence-electron chi connectivity index (χ0n) is 15.1. The Bertz CT molecular complexity index is 353. The number of hydrogen-bond donors (Lipinski definition) is 2. The fraction of sp³-hybridized carbons (Fsp3) is 0.941. The highest BCUT2D eigenvalue weighted by atomic mass is 32.2. The van der Waals surface area contributed by atoms with Crippen LogP contribution in [0.25, 0.3) is 0 Å². The topological polar surface area (TPSA) is 50.4 Å². The third-order valence-electron chi connectivity index (χ3n) is 4.08. The number of hydrogen-bond acceptors (Lipinski definition) is 4. The van der Waals surface area contributed by atoms with Crippen molar-refractivity contribution in [1.29, 1.82) is 0 Å². The van der Waals surface area contributed by atoms with E-state index in [0.29, 0.717) is 24.0 Å². The Morgan fingerprint density at radius 3 is 2.64 bits per heavy atom. The molecule has 0 aliphatic carbocycles. The molecule has 0 aromatic rings. The van der Waals surface area contributed by atoms with E-state index in [4.69, 9.17) is 4.74 Å². The van der Waals surface area contributed by atoms with E-state index in [1.54, 1.807) is 0 Å². The van der Waals surface area contributed by atoms with Crippen LogP contribution in [0.3, 0.4) is 0 Å². The molecule has 5 heteroatoms. The first-order valence-electron chi connectivity index (χ1n) is 8.44. The van der Waals surface area contributed by atoms with Crippen LogP contribution in [0.15, 0.2) is 0 Å². The fourth-order valence-corrected chi connectivity index (χ4v) is 4.23. The maximum absolute atomic E-state index is 11.8. The minimum atomic E-state index is -0.445. The number of carbonyl (C=O) groups excluding carboxylic acids is 1. The van der Waals surface area contributed by atoms with Crippen molar-refractivity contribution in [2.75, 3.05) is 18.1 Å². The van der Waals surface area contributed by atoms with Gasteiger partial charge in [-0.3, -0.25) is 0 Å². The predicted octanol–water partition coefficient (Wildman–Crippen LogP) is 3.80. The molecule has 22 heavy (non-hydrogen) atoms. The summed E-state index contributed by atoms with van der Waals surface area (Å²) in [6.45, 7) is 13.1. The molecule has 1 fully saturated rings. The molecule has 2 unspecified atom stereocenters. The molecule has 1 aliphatic heterocycles. The van der Waals surface area contributed by atoms with Crippen molar-refractivity contribution in [3.8, 4) is 0 Å². The highest BCUT2D eigenvalue weighted by Gasteiger charge is 2.33. The Morgan fingerprint density at radius 2 is 2.09 bits per heavy atom. The average Bonchev–Trinajstić information content (AvgIpc) is 2.36. The number of thioether (sulfide) groups is 1. The van der Waals surface area contributed by atoms with Crippen molar-refractivity contribution in [2.45, 2.75) is 78.5 Å². The van der Waals surface area contributed by atoms with Gasteiger partial charge < -0.3 is 15.4 Å². The first kappa shape index (κ1) is 19.6. The summed E-state index contributed by atoms with van der Waals surface area (Å²) >= 11 is 2.02. The predicted molar refractivity (Wildman–Crippen MR) is 95.6 cm³/mol. The molecule has 0 aromatic heterocycles. The van der Waals surface area contributed by atoms with Gasteiger partial charge in [-0.15, -0.1) is 0 Å². The van der Waals surface area contributed by atoms with Crippen LogP contribution in [0, 0.1) is 5.41 Å². The number of amides is 1. The van der Waals surface area contributed by atoms with Gasteiger partial charge in [0.1, 0.15) is 5.60 Å². The maximum atomic E-state index is 11.8. The van der Waals surface area contributed by atoms with Gasteiger partial charge in [-0.2, -0.15) is 11.8 Å². The van der Waals surface area contributed by atoms with Crippen LogP contribution in [0.4, 0.5) is 4.79 Å². The van der Waals surface area contributed by atoms with Gasteiger partial charge >= 0.3 is 6.09 Å². The Hall–Kier alpha value is -0.420. The second kappa shape index (κ2) is 8.44. The molecule has 4 nitrogen and oxygen atoms in total. The molecule has 1 amide bonds. The largest absolute Gasteiger partial charge is 0.444 e. The van der Waals surface area contributed by atoms with Crippen LogP contribution in [0.1, 0.15) is 60.8 Å². The molecule has 130 valence electrons. The fourth-order valence-electron chi connectivity index (χ4n) is 2.61. The van der Waals surface area contributed by atoms with E-state index in [1.807, 2.05) is 32.5 Å². The van der Waals surface area contributed by atoms with Gasteiger partial charge in [0, 0.05) is 24.4 Å². The van der Waals surface area contributed by atoms with Gasteiger partial charge in [-0.25, -0.2) is 4.79 Å². The Kier molecular flexibility index (Phi) is 7.53. The number of carbonyl (C=O) groups is 1. The number of alkyl carbamates (subject to hydrolysis) is 1. The van der Waals surface area contributed by atoms with Gasteiger partial charge in [0.2, 0.25) is 0 Å². The molecule has 0 bridgehead atoms. The lowest BCUT2D eigenvalue weighted by atomic mass is 9.82. The van der Waals surface area contributed by atoms with Crippen molar-refractivity contribution in [3.63, 3.8) is 0 Å². The summed E-state index contributed by atoms with van der Waals surface area (Å²) in [5.41, 5.74) is -0.122. The monoisotopic (exact) mass is 330 g/mol. The third kappa shape index (κ3) is 7.23. The molecule has 2 N–H and O–H groups in total. The number of ether oxygens (including phenoxy) is 1. The molecular weight excluding hydrogens is 296 g/mol. The van der Waals surface area contributed by atoms with E-state index in [9.17, 15) is 4.79 Å². The van der Waals surface area contributed by atoms with E-state index in [2.05, 4.69) is 31.4 Å². The summed E-state index contributed by atoms with van der Waals surface area (Å²) in [6, 6.07) is 0.809. The average molecular weight is 331 g/mol. The Morgan fingerprint density at radius 1 is 1.41 bits per heavy atom. The quantitative estimate of drug-likeness (QED) is 0.778. The van der Waals surface area contributed by atoms with E-state index < -0.39 is 5.60 Å². The van der Waals surface area contributed by atoms with Crippen molar-refractivity contribution in [2.24, 2.45) is 5.41 Å². The minimum Gasteiger partial charge on any atom is -0.444 e. The van der Waals surface area contributed by atoms with Crippen LogP contribution >= 0.6 is 11.8 Å². The molecule has 1 saturated heterocycles.